The van der Waals surface area contributed by atoms with Crippen LogP contribution in [0.3, 0.4) is 0 Å². The first-order valence-corrected chi connectivity index (χ1v) is 8.60. The third-order valence-corrected chi connectivity index (χ3v) is 4.55. The molecule has 6 nitrogen and oxygen atoms in total. The van der Waals surface area contributed by atoms with Crippen LogP contribution in [0.1, 0.15) is 11.1 Å². The number of nitrogens with zero attached hydrogens (tertiary/aromatic N) is 4. The predicted molar refractivity (Wildman–Crippen MR) is 94.0 cm³/mol. The molecule has 0 fully saturated rings. The first kappa shape index (κ1) is 18.1. The van der Waals surface area contributed by atoms with Gasteiger partial charge < -0.3 is 4.74 Å². The highest BCUT2D eigenvalue weighted by Gasteiger charge is 2.18. The Kier molecular flexibility index (Phi) is 5.36. The van der Waals surface area contributed by atoms with Crippen LogP contribution in [0, 0.1) is 6.92 Å². The second kappa shape index (κ2) is 7.69. The number of rotatable bonds is 6. The Hall–Kier alpha value is -2.68. The Labute approximate surface area is 152 Å². The summed E-state index contributed by atoms with van der Waals surface area (Å²) in [5.41, 5.74) is 1.26. The number of hydrogen-bond donors (Lipinski definition) is 0. The van der Waals surface area contributed by atoms with Crippen molar-refractivity contribution in [2.24, 2.45) is 7.05 Å². The molecule has 0 aliphatic heterocycles. The van der Waals surface area contributed by atoms with Gasteiger partial charge in [0.2, 0.25) is 0 Å². The van der Waals surface area contributed by atoms with E-state index in [2.05, 4.69) is 10.4 Å². The molecule has 0 spiro atoms. The van der Waals surface area contributed by atoms with Crippen LogP contribution in [0.15, 0.2) is 52.2 Å². The maximum absolute atomic E-state index is 13.0. The fourth-order valence-electron chi connectivity index (χ4n) is 2.44. The fourth-order valence-corrected chi connectivity index (χ4v) is 3.09. The minimum atomic E-state index is -2.60. The molecule has 2 aromatic carbocycles. The molecule has 1 aromatic heterocycles. The van der Waals surface area contributed by atoms with Gasteiger partial charge in [0.1, 0.15) is 12.4 Å². The van der Waals surface area contributed by atoms with Gasteiger partial charge in [0.25, 0.3) is 5.76 Å². The fraction of sp³-hybridized carbons (Fsp3) is 0.235. The maximum atomic E-state index is 13.0. The van der Waals surface area contributed by atoms with E-state index in [0.717, 1.165) is 14.9 Å². The third-order valence-electron chi connectivity index (χ3n) is 3.74. The summed E-state index contributed by atoms with van der Waals surface area (Å²) in [5, 5.41) is 7.48. The van der Waals surface area contributed by atoms with Crippen molar-refractivity contribution in [2.45, 2.75) is 24.2 Å². The van der Waals surface area contributed by atoms with E-state index < -0.39 is 11.4 Å². The molecule has 0 aliphatic carbocycles. The van der Waals surface area contributed by atoms with Crippen molar-refractivity contribution >= 4 is 11.8 Å². The van der Waals surface area contributed by atoms with E-state index in [1.807, 2.05) is 25.1 Å². The number of thioether (sulfide) groups is 1. The van der Waals surface area contributed by atoms with Crippen LogP contribution in [0.4, 0.5) is 8.78 Å². The highest BCUT2D eigenvalue weighted by molar-refractivity contribution is 7.99. The summed E-state index contributed by atoms with van der Waals surface area (Å²) in [7, 11) is 1.47. The molecule has 0 amide bonds. The van der Waals surface area contributed by atoms with Gasteiger partial charge in [-0.1, -0.05) is 36.0 Å². The number of ether oxygens (including phenoxy) is 1. The summed E-state index contributed by atoms with van der Waals surface area (Å²) in [4.78, 5) is 12.5. The molecule has 26 heavy (non-hydrogen) atoms. The van der Waals surface area contributed by atoms with Gasteiger partial charge in [-0.2, -0.15) is 18.1 Å². The van der Waals surface area contributed by atoms with Crippen LogP contribution in [0.25, 0.3) is 5.69 Å². The minimum absolute atomic E-state index is 0.0130. The molecule has 0 radical (unpaired) electrons. The lowest BCUT2D eigenvalue weighted by Gasteiger charge is -2.15. The van der Waals surface area contributed by atoms with Crippen LogP contribution in [0.5, 0.6) is 5.75 Å². The zero-order valence-electron chi connectivity index (χ0n) is 14.1. The van der Waals surface area contributed by atoms with Crippen molar-refractivity contribution in [1.29, 1.82) is 0 Å². The molecule has 0 saturated carbocycles. The molecule has 3 aromatic rings. The Balaban J connectivity index is 2.03. The SMILES string of the molecule is Cc1ccccc1OCc1c(SC(F)F)cccc1-n1nnn(C)c1=O. The van der Waals surface area contributed by atoms with Gasteiger partial charge in [0.15, 0.2) is 0 Å². The van der Waals surface area contributed by atoms with Crippen molar-refractivity contribution in [1.82, 2.24) is 19.8 Å². The summed E-state index contributed by atoms with van der Waals surface area (Å²) in [6.45, 7) is 1.91. The molecule has 0 saturated heterocycles. The number of alkyl halides is 2. The predicted octanol–water partition coefficient (Wildman–Crippen LogP) is 3.17. The molecule has 0 aliphatic rings. The van der Waals surface area contributed by atoms with Crippen molar-refractivity contribution in [3.63, 3.8) is 0 Å². The number of tetrazole rings is 1. The average Bonchev–Trinajstić information content (AvgIpc) is 2.93. The number of aryl methyl sites for hydroxylation is 2. The van der Waals surface area contributed by atoms with E-state index >= 15 is 0 Å². The van der Waals surface area contributed by atoms with Crippen molar-refractivity contribution < 1.29 is 13.5 Å². The molecule has 0 N–H and O–H groups in total. The molecule has 9 heteroatoms. The van der Waals surface area contributed by atoms with E-state index in [4.69, 9.17) is 4.74 Å². The average molecular weight is 378 g/mol. The smallest absolute Gasteiger partial charge is 0.368 e. The van der Waals surface area contributed by atoms with Crippen molar-refractivity contribution in [2.75, 3.05) is 0 Å². The molecule has 1 heterocycles. The van der Waals surface area contributed by atoms with Gasteiger partial charge in [0, 0.05) is 17.5 Å². The second-order valence-corrected chi connectivity index (χ2v) is 6.52. The van der Waals surface area contributed by atoms with Crippen molar-refractivity contribution in [3.8, 4) is 11.4 Å². The first-order chi connectivity index (χ1) is 12.5. The highest BCUT2D eigenvalue weighted by atomic mass is 32.2. The third kappa shape index (κ3) is 3.77. The van der Waals surface area contributed by atoms with Crippen LogP contribution in [-0.4, -0.2) is 25.5 Å². The molecule has 0 atom stereocenters. The van der Waals surface area contributed by atoms with Crippen LogP contribution < -0.4 is 10.4 Å². The van der Waals surface area contributed by atoms with Gasteiger partial charge in [-0.15, -0.1) is 0 Å². The molecule has 136 valence electrons. The number of hydrogen-bond acceptors (Lipinski definition) is 5. The van der Waals surface area contributed by atoms with E-state index in [0.29, 0.717) is 33.7 Å². The standard InChI is InChI=1S/C17H16F2N4O2S/c1-11-6-3-4-8-14(11)25-10-12-13(23-17(24)22(2)20-21-23)7-5-9-15(12)26-16(18)19/h3-9,16H,10H2,1-2H3. The minimum Gasteiger partial charge on any atom is -0.489 e. The maximum Gasteiger partial charge on any atom is 0.368 e. The molecule has 3 rings (SSSR count). The zero-order chi connectivity index (χ0) is 18.7. The second-order valence-electron chi connectivity index (χ2n) is 5.48. The monoisotopic (exact) mass is 378 g/mol. The number of para-hydroxylation sites is 1. The first-order valence-electron chi connectivity index (χ1n) is 7.72. The van der Waals surface area contributed by atoms with Gasteiger partial charge in [-0.05, 0) is 41.1 Å². The number of benzene rings is 2. The molecule has 0 bridgehead atoms. The molecular weight excluding hydrogens is 362 g/mol. The summed E-state index contributed by atoms with van der Waals surface area (Å²) in [6.07, 6.45) is 0. The van der Waals surface area contributed by atoms with Gasteiger partial charge in [0.05, 0.1) is 5.69 Å². The number of halogens is 2. The number of aromatic nitrogens is 4. The van der Waals surface area contributed by atoms with E-state index in [9.17, 15) is 13.6 Å². The topological polar surface area (TPSA) is 61.9 Å². The van der Waals surface area contributed by atoms with E-state index in [1.54, 1.807) is 24.3 Å². The lowest BCUT2D eigenvalue weighted by molar-refractivity contribution is 0.251. The van der Waals surface area contributed by atoms with E-state index in [-0.39, 0.29) is 6.61 Å². The van der Waals surface area contributed by atoms with Gasteiger partial charge in [-0.25, -0.2) is 4.79 Å². The summed E-state index contributed by atoms with van der Waals surface area (Å²) < 4.78 is 33.9. The van der Waals surface area contributed by atoms with Crippen molar-refractivity contribution in [3.05, 3.63) is 64.1 Å². The normalized spacial score (nSPS) is 11.1. The van der Waals surface area contributed by atoms with Crippen LogP contribution in [0.2, 0.25) is 0 Å². The Bertz CT molecular complexity index is 971. The molecular formula is C17H16F2N4O2S. The quantitative estimate of drug-likeness (QED) is 0.617. The van der Waals surface area contributed by atoms with Crippen LogP contribution in [-0.2, 0) is 13.7 Å². The largest absolute Gasteiger partial charge is 0.489 e. The zero-order valence-corrected chi connectivity index (χ0v) is 14.9. The van der Waals surface area contributed by atoms with Gasteiger partial charge in [-0.3, -0.25) is 0 Å². The summed E-state index contributed by atoms with van der Waals surface area (Å²) in [5.74, 6) is -1.96. The van der Waals surface area contributed by atoms with Gasteiger partial charge >= 0.3 is 5.69 Å². The lowest BCUT2D eigenvalue weighted by atomic mass is 10.2. The van der Waals surface area contributed by atoms with E-state index in [1.165, 1.54) is 7.05 Å². The lowest BCUT2D eigenvalue weighted by Crippen LogP contribution is -2.23. The highest BCUT2D eigenvalue weighted by Crippen LogP contribution is 2.32. The Morgan fingerprint density at radius 1 is 1.15 bits per heavy atom. The molecule has 0 unspecified atom stereocenters. The Morgan fingerprint density at radius 2 is 1.92 bits per heavy atom. The Morgan fingerprint density at radius 3 is 2.58 bits per heavy atom. The summed E-state index contributed by atoms with van der Waals surface area (Å²) in [6, 6.07) is 12.2. The van der Waals surface area contributed by atoms with Crippen LogP contribution >= 0.6 is 11.8 Å². The summed E-state index contributed by atoms with van der Waals surface area (Å²) >= 11 is 0.402.